The first-order valence-electron chi connectivity index (χ1n) is 9.45. The van der Waals surface area contributed by atoms with Crippen molar-refractivity contribution in [3.8, 4) is 0 Å². The summed E-state index contributed by atoms with van der Waals surface area (Å²) >= 11 is 7.42. The molecule has 0 spiro atoms. The van der Waals surface area contributed by atoms with Gasteiger partial charge in [0, 0.05) is 18.8 Å². The van der Waals surface area contributed by atoms with E-state index >= 15 is 0 Å². The Bertz CT molecular complexity index is 1000. The van der Waals surface area contributed by atoms with Crippen LogP contribution in [-0.2, 0) is 14.8 Å². The molecule has 1 saturated heterocycles. The minimum atomic E-state index is -3.69. The van der Waals surface area contributed by atoms with Crippen LogP contribution in [0.15, 0.2) is 28.3 Å². The Labute approximate surface area is 178 Å². The lowest BCUT2D eigenvalue weighted by atomic mass is 10.2. The zero-order valence-electron chi connectivity index (χ0n) is 15.6. The Balaban J connectivity index is 1.43. The third-order valence-electron chi connectivity index (χ3n) is 4.84. The van der Waals surface area contributed by atoms with Crippen LogP contribution in [0.3, 0.4) is 0 Å². The van der Waals surface area contributed by atoms with Gasteiger partial charge in [-0.25, -0.2) is 13.1 Å². The Kier molecular flexibility index (Phi) is 6.09. The summed E-state index contributed by atoms with van der Waals surface area (Å²) in [7, 11) is -3.69. The molecule has 4 rings (SSSR count). The highest BCUT2D eigenvalue weighted by Gasteiger charge is 2.29. The minimum Gasteiger partial charge on any atom is -0.325 e. The highest BCUT2D eigenvalue weighted by Crippen LogP contribution is 2.36. The van der Waals surface area contributed by atoms with Crippen molar-refractivity contribution >= 4 is 45.0 Å². The number of nitrogens with one attached hydrogen (secondary N) is 1. The van der Waals surface area contributed by atoms with Crippen LogP contribution in [0.2, 0.25) is 5.02 Å². The van der Waals surface area contributed by atoms with Gasteiger partial charge >= 0.3 is 0 Å². The maximum absolute atomic E-state index is 12.9. The van der Waals surface area contributed by atoms with Crippen molar-refractivity contribution in [3.05, 3.63) is 23.2 Å². The van der Waals surface area contributed by atoms with E-state index < -0.39 is 10.0 Å². The minimum absolute atomic E-state index is 0.0178. The van der Waals surface area contributed by atoms with E-state index in [0.29, 0.717) is 30.0 Å². The summed E-state index contributed by atoms with van der Waals surface area (Å²) in [6.07, 6.45) is 4.79. The van der Waals surface area contributed by atoms with Gasteiger partial charge in [0.05, 0.1) is 16.8 Å². The SMILES string of the molecule is O=C(CSc1nnnn1C1CC1)Nc1ccc(Cl)c(S(=O)(=O)N2CCCCC2)c1. The maximum atomic E-state index is 12.9. The van der Waals surface area contributed by atoms with Crippen molar-refractivity contribution in [2.24, 2.45) is 0 Å². The van der Waals surface area contributed by atoms with Crippen LogP contribution >= 0.6 is 23.4 Å². The highest BCUT2D eigenvalue weighted by molar-refractivity contribution is 7.99. The molecule has 1 amide bonds. The van der Waals surface area contributed by atoms with Gasteiger partial charge in [0.1, 0.15) is 4.90 Å². The number of benzene rings is 1. The number of aromatic nitrogens is 4. The molecule has 1 N–H and O–H groups in total. The van der Waals surface area contributed by atoms with E-state index in [4.69, 9.17) is 11.6 Å². The Morgan fingerprint density at radius 1 is 1.24 bits per heavy atom. The van der Waals surface area contributed by atoms with E-state index in [1.807, 2.05) is 0 Å². The second-order valence-electron chi connectivity index (χ2n) is 7.08. The summed E-state index contributed by atoms with van der Waals surface area (Å²) < 4.78 is 29.1. The topological polar surface area (TPSA) is 110 Å². The predicted molar refractivity (Wildman–Crippen MR) is 110 cm³/mol. The van der Waals surface area contributed by atoms with E-state index in [-0.39, 0.29) is 21.6 Å². The molecular weight excluding hydrogens is 436 g/mol. The molecule has 2 heterocycles. The van der Waals surface area contributed by atoms with E-state index in [1.54, 1.807) is 10.7 Å². The molecule has 9 nitrogen and oxygen atoms in total. The van der Waals surface area contributed by atoms with Gasteiger partial charge in [0.15, 0.2) is 0 Å². The number of carbonyl (C=O) groups excluding carboxylic acids is 1. The fraction of sp³-hybridized carbons (Fsp3) is 0.529. The summed E-state index contributed by atoms with van der Waals surface area (Å²) in [4.78, 5) is 12.4. The van der Waals surface area contributed by atoms with E-state index in [9.17, 15) is 13.2 Å². The zero-order chi connectivity index (χ0) is 20.4. The molecule has 1 aromatic heterocycles. The molecule has 2 aliphatic rings. The molecule has 1 saturated carbocycles. The highest BCUT2D eigenvalue weighted by atomic mass is 35.5. The molecule has 1 aliphatic heterocycles. The second-order valence-corrected chi connectivity index (χ2v) is 10.3. The number of rotatable bonds is 7. The Morgan fingerprint density at radius 2 is 2.00 bits per heavy atom. The van der Waals surface area contributed by atoms with Gasteiger partial charge in [-0.15, -0.1) is 5.10 Å². The summed E-state index contributed by atoms with van der Waals surface area (Å²) in [5.74, 6) is -0.159. The average molecular weight is 457 g/mol. The van der Waals surface area contributed by atoms with Crippen molar-refractivity contribution < 1.29 is 13.2 Å². The number of sulfonamides is 1. The molecule has 156 valence electrons. The van der Waals surface area contributed by atoms with Crippen molar-refractivity contribution in [2.75, 3.05) is 24.2 Å². The second kappa shape index (κ2) is 8.58. The van der Waals surface area contributed by atoms with Crippen molar-refractivity contribution in [3.63, 3.8) is 0 Å². The lowest BCUT2D eigenvalue weighted by Crippen LogP contribution is -2.35. The number of amides is 1. The number of nitrogens with zero attached hydrogens (tertiary/aromatic N) is 5. The average Bonchev–Trinajstić information content (AvgIpc) is 3.46. The lowest BCUT2D eigenvalue weighted by Gasteiger charge is -2.26. The van der Waals surface area contributed by atoms with E-state index in [2.05, 4.69) is 20.8 Å². The van der Waals surface area contributed by atoms with Crippen LogP contribution < -0.4 is 5.32 Å². The molecule has 0 bridgehead atoms. The van der Waals surface area contributed by atoms with Gasteiger partial charge in [0.25, 0.3) is 0 Å². The summed E-state index contributed by atoms with van der Waals surface area (Å²) in [6, 6.07) is 4.83. The van der Waals surface area contributed by atoms with Gasteiger partial charge in [-0.05, 0) is 54.3 Å². The van der Waals surface area contributed by atoms with E-state index in [0.717, 1.165) is 32.1 Å². The molecule has 1 aliphatic carbocycles. The van der Waals surface area contributed by atoms with Gasteiger partial charge in [0.2, 0.25) is 21.1 Å². The van der Waals surface area contributed by atoms with Crippen LogP contribution in [0.4, 0.5) is 5.69 Å². The molecular formula is C17H21ClN6O3S2. The molecule has 2 aromatic rings. The predicted octanol–water partition coefficient (Wildman–Crippen LogP) is 2.57. The molecule has 2 fully saturated rings. The normalized spacial score (nSPS) is 18.0. The van der Waals surface area contributed by atoms with Crippen LogP contribution in [0, 0.1) is 0 Å². The fourth-order valence-corrected chi connectivity index (χ4v) is 5.94. The monoisotopic (exact) mass is 456 g/mol. The summed E-state index contributed by atoms with van der Waals surface area (Å²) in [6.45, 7) is 0.975. The number of halogens is 1. The van der Waals surface area contributed by atoms with Crippen LogP contribution in [-0.4, -0.2) is 57.7 Å². The third kappa shape index (κ3) is 4.73. The number of piperidine rings is 1. The molecule has 0 radical (unpaired) electrons. The fourth-order valence-electron chi connectivity index (χ4n) is 3.18. The molecule has 1 aromatic carbocycles. The zero-order valence-corrected chi connectivity index (χ0v) is 18.0. The largest absolute Gasteiger partial charge is 0.325 e. The maximum Gasteiger partial charge on any atom is 0.244 e. The summed E-state index contributed by atoms with van der Waals surface area (Å²) in [5.41, 5.74) is 0.386. The van der Waals surface area contributed by atoms with Gasteiger partial charge in [-0.2, -0.15) is 4.31 Å². The lowest BCUT2D eigenvalue weighted by molar-refractivity contribution is -0.113. The first kappa shape index (κ1) is 20.6. The Morgan fingerprint density at radius 3 is 2.72 bits per heavy atom. The number of anilines is 1. The smallest absolute Gasteiger partial charge is 0.244 e. The number of carbonyl (C=O) groups is 1. The number of hydrogen-bond donors (Lipinski definition) is 1. The Hall–Kier alpha value is -1.69. The first-order chi connectivity index (χ1) is 13.9. The molecule has 29 heavy (non-hydrogen) atoms. The number of tetrazole rings is 1. The molecule has 0 unspecified atom stereocenters. The molecule has 12 heteroatoms. The van der Waals surface area contributed by atoms with Crippen molar-refractivity contribution in [1.29, 1.82) is 0 Å². The quantitative estimate of drug-likeness (QED) is 0.637. The third-order valence-corrected chi connectivity index (χ3v) is 8.15. The van der Waals surface area contributed by atoms with Crippen LogP contribution in [0.25, 0.3) is 0 Å². The van der Waals surface area contributed by atoms with Gasteiger partial charge in [-0.3, -0.25) is 4.79 Å². The first-order valence-corrected chi connectivity index (χ1v) is 12.3. The van der Waals surface area contributed by atoms with Crippen molar-refractivity contribution in [1.82, 2.24) is 24.5 Å². The van der Waals surface area contributed by atoms with Crippen LogP contribution in [0.1, 0.15) is 38.1 Å². The summed E-state index contributed by atoms with van der Waals surface area (Å²) in [5, 5.41) is 15.0. The number of thioether (sulfide) groups is 1. The number of hydrogen-bond acceptors (Lipinski definition) is 7. The standard InChI is InChI=1S/C17H21ClN6O3S2/c18-14-7-4-12(10-15(14)29(26,27)23-8-2-1-3-9-23)19-16(25)11-28-17-20-21-22-24(17)13-5-6-13/h4,7,10,13H,1-3,5-6,8-9,11H2,(H,19,25). The van der Waals surface area contributed by atoms with Gasteiger partial charge < -0.3 is 5.32 Å². The van der Waals surface area contributed by atoms with Crippen molar-refractivity contribution in [2.45, 2.75) is 48.2 Å². The van der Waals surface area contributed by atoms with E-state index in [1.165, 1.54) is 28.2 Å². The van der Waals surface area contributed by atoms with Gasteiger partial charge in [-0.1, -0.05) is 29.8 Å². The molecule has 0 atom stereocenters. The van der Waals surface area contributed by atoms with Crippen LogP contribution in [0.5, 0.6) is 0 Å².